The molecule has 1 aromatic carbocycles. The molecule has 8 heteroatoms. The molecule has 0 unspecified atom stereocenters. The van der Waals surface area contributed by atoms with Gasteiger partial charge in [-0.3, -0.25) is 14.8 Å². The molecule has 0 saturated carbocycles. The van der Waals surface area contributed by atoms with Crippen molar-refractivity contribution in [1.82, 2.24) is 24.5 Å². The third kappa shape index (κ3) is 3.06. The van der Waals surface area contributed by atoms with Crippen molar-refractivity contribution in [2.45, 2.75) is 6.54 Å². The van der Waals surface area contributed by atoms with E-state index < -0.39 is 0 Å². The number of fused-ring (bicyclic) bond motifs is 1. The smallest absolute Gasteiger partial charge is 0.274 e. The molecule has 0 spiro atoms. The van der Waals surface area contributed by atoms with E-state index in [4.69, 9.17) is 16.3 Å². The molecule has 1 aliphatic rings. The molecule has 4 rings (SSSR count). The average Bonchev–Trinajstić information content (AvgIpc) is 3.01. The van der Waals surface area contributed by atoms with E-state index in [1.165, 1.54) is 4.52 Å². The Kier molecular flexibility index (Phi) is 4.05. The molecule has 1 N–H and O–H groups in total. The summed E-state index contributed by atoms with van der Waals surface area (Å²) in [5.41, 5.74) is 1.39. The molecule has 24 heavy (non-hydrogen) atoms. The van der Waals surface area contributed by atoms with Crippen LogP contribution in [0.5, 0.6) is 0 Å². The van der Waals surface area contributed by atoms with E-state index in [0.717, 1.165) is 24.3 Å². The maximum absolute atomic E-state index is 12.3. The van der Waals surface area contributed by atoms with E-state index in [1.807, 2.05) is 12.1 Å². The van der Waals surface area contributed by atoms with Crippen LogP contribution >= 0.6 is 11.6 Å². The van der Waals surface area contributed by atoms with Gasteiger partial charge < -0.3 is 4.74 Å². The number of hydrogen-bond donors (Lipinski definition) is 1. The number of morpholine rings is 1. The highest BCUT2D eigenvalue weighted by Gasteiger charge is 2.14. The molecular weight excluding hydrogens is 330 g/mol. The van der Waals surface area contributed by atoms with Gasteiger partial charge in [0.15, 0.2) is 5.82 Å². The number of halogens is 1. The molecular formula is C16H16ClN5O2. The number of aromatic amines is 1. The average molecular weight is 346 g/mol. The Balaban J connectivity index is 1.67. The molecule has 0 bridgehead atoms. The fraction of sp³-hybridized carbons (Fsp3) is 0.312. The summed E-state index contributed by atoms with van der Waals surface area (Å²) in [6, 6.07) is 8.81. The number of aromatic nitrogens is 4. The lowest BCUT2D eigenvalue weighted by Crippen LogP contribution is -2.36. The van der Waals surface area contributed by atoms with Gasteiger partial charge >= 0.3 is 0 Å². The number of hydrogen-bond acceptors (Lipinski definition) is 5. The summed E-state index contributed by atoms with van der Waals surface area (Å²) < 4.78 is 6.69. The Morgan fingerprint density at radius 2 is 1.92 bits per heavy atom. The van der Waals surface area contributed by atoms with Crippen molar-refractivity contribution < 1.29 is 4.74 Å². The molecule has 1 saturated heterocycles. The van der Waals surface area contributed by atoms with Crippen LogP contribution in [-0.2, 0) is 11.3 Å². The lowest BCUT2D eigenvalue weighted by atomic mass is 10.2. The molecule has 1 aliphatic heterocycles. The van der Waals surface area contributed by atoms with Crippen LogP contribution < -0.4 is 5.56 Å². The van der Waals surface area contributed by atoms with E-state index >= 15 is 0 Å². The van der Waals surface area contributed by atoms with Crippen molar-refractivity contribution in [2.24, 2.45) is 0 Å². The van der Waals surface area contributed by atoms with Crippen molar-refractivity contribution >= 4 is 17.4 Å². The van der Waals surface area contributed by atoms with Crippen LogP contribution in [0.3, 0.4) is 0 Å². The van der Waals surface area contributed by atoms with E-state index in [2.05, 4.69) is 20.0 Å². The Morgan fingerprint density at radius 3 is 2.67 bits per heavy atom. The summed E-state index contributed by atoms with van der Waals surface area (Å²) in [6.07, 6.45) is 0. The van der Waals surface area contributed by atoms with Crippen molar-refractivity contribution in [3.05, 3.63) is 51.4 Å². The van der Waals surface area contributed by atoms with Crippen LogP contribution in [0.15, 0.2) is 35.1 Å². The summed E-state index contributed by atoms with van der Waals surface area (Å²) in [5, 5.41) is 3.64. The molecule has 124 valence electrons. The van der Waals surface area contributed by atoms with Gasteiger partial charge in [0.25, 0.3) is 11.3 Å². The minimum Gasteiger partial charge on any atom is -0.379 e. The van der Waals surface area contributed by atoms with Crippen LogP contribution in [0.2, 0.25) is 5.02 Å². The summed E-state index contributed by atoms with van der Waals surface area (Å²) >= 11 is 5.90. The Labute approximate surface area is 142 Å². The van der Waals surface area contributed by atoms with Crippen LogP contribution in [-0.4, -0.2) is 50.8 Å². The van der Waals surface area contributed by atoms with E-state index in [9.17, 15) is 4.79 Å². The van der Waals surface area contributed by atoms with Gasteiger partial charge in [-0.15, -0.1) is 0 Å². The van der Waals surface area contributed by atoms with Gasteiger partial charge in [0.2, 0.25) is 0 Å². The van der Waals surface area contributed by atoms with Gasteiger partial charge in [-0.25, -0.2) is 4.98 Å². The highest BCUT2D eigenvalue weighted by molar-refractivity contribution is 6.30. The molecule has 3 aromatic rings. The number of ether oxygens (including phenoxy) is 1. The van der Waals surface area contributed by atoms with Gasteiger partial charge in [-0.05, 0) is 24.3 Å². The van der Waals surface area contributed by atoms with Crippen molar-refractivity contribution in [3.8, 4) is 11.4 Å². The molecule has 0 aliphatic carbocycles. The largest absolute Gasteiger partial charge is 0.379 e. The van der Waals surface area contributed by atoms with Crippen molar-refractivity contribution in [1.29, 1.82) is 0 Å². The standard InChI is InChI=1S/C16H16ClN5O2/c17-12-3-1-11(2-4-12)15-19-16-18-13(9-14(23)22(16)20-15)10-21-5-7-24-8-6-21/h1-4,9H,5-8,10H2,(H,18,19,20). The summed E-state index contributed by atoms with van der Waals surface area (Å²) in [6.45, 7) is 3.74. The second kappa shape index (κ2) is 6.35. The summed E-state index contributed by atoms with van der Waals surface area (Å²) in [5.74, 6) is 0.954. The zero-order valence-corrected chi connectivity index (χ0v) is 13.7. The Hall–Kier alpha value is -2.22. The molecule has 7 nitrogen and oxygen atoms in total. The first kappa shape index (κ1) is 15.3. The molecule has 2 aromatic heterocycles. The lowest BCUT2D eigenvalue weighted by Gasteiger charge is -2.25. The quantitative estimate of drug-likeness (QED) is 0.780. The van der Waals surface area contributed by atoms with Gasteiger partial charge in [0, 0.05) is 36.3 Å². The zero-order chi connectivity index (χ0) is 16.5. The van der Waals surface area contributed by atoms with Crippen molar-refractivity contribution in [2.75, 3.05) is 26.3 Å². The van der Waals surface area contributed by atoms with E-state index in [-0.39, 0.29) is 5.56 Å². The summed E-state index contributed by atoms with van der Waals surface area (Å²) in [7, 11) is 0. The second-order valence-electron chi connectivity index (χ2n) is 5.69. The van der Waals surface area contributed by atoms with E-state index in [1.54, 1.807) is 18.2 Å². The number of nitrogens with zero attached hydrogens (tertiary/aromatic N) is 4. The molecule has 0 atom stereocenters. The molecule has 0 radical (unpaired) electrons. The normalized spacial score (nSPS) is 15.9. The maximum Gasteiger partial charge on any atom is 0.274 e. The van der Waals surface area contributed by atoms with Gasteiger partial charge in [-0.1, -0.05) is 11.6 Å². The number of benzene rings is 1. The van der Waals surface area contributed by atoms with Crippen molar-refractivity contribution in [3.63, 3.8) is 0 Å². The highest BCUT2D eigenvalue weighted by atomic mass is 35.5. The molecule has 1 fully saturated rings. The van der Waals surface area contributed by atoms with E-state index in [0.29, 0.717) is 36.4 Å². The predicted molar refractivity (Wildman–Crippen MR) is 90.1 cm³/mol. The first-order chi connectivity index (χ1) is 11.7. The Morgan fingerprint density at radius 1 is 1.17 bits per heavy atom. The zero-order valence-electron chi connectivity index (χ0n) is 12.9. The SMILES string of the molecule is O=c1cc(CN2CCOCC2)nc2nc(-c3ccc(Cl)cc3)[nH]n12. The van der Waals surface area contributed by atoms with Crippen LogP contribution in [0.1, 0.15) is 5.69 Å². The number of nitrogens with one attached hydrogen (secondary N) is 1. The topological polar surface area (TPSA) is 75.5 Å². The van der Waals surface area contributed by atoms with Crippen LogP contribution in [0, 0.1) is 0 Å². The lowest BCUT2D eigenvalue weighted by molar-refractivity contribution is 0.0336. The third-order valence-electron chi connectivity index (χ3n) is 3.99. The molecule has 3 heterocycles. The number of H-pyrrole nitrogens is 1. The first-order valence-corrected chi connectivity index (χ1v) is 8.11. The molecule has 0 amide bonds. The maximum atomic E-state index is 12.3. The van der Waals surface area contributed by atoms with Gasteiger partial charge in [0.1, 0.15) is 0 Å². The van der Waals surface area contributed by atoms with Gasteiger partial charge in [-0.2, -0.15) is 9.50 Å². The Bertz CT molecular complexity index is 912. The fourth-order valence-electron chi connectivity index (χ4n) is 2.73. The predicted octanol–water partition coefficient (Wildman–Crippen LogP) is 1.57. The second-order valence-corrected chi connectivity index (χ2v) is 6.13. The monoisotopic (exact) mass is 345 g/mol. The van der Waals surface area contributed by atoms with Crippen LogP contribution in [0.4, 0.5) is 0 Å². The van der Waals surface area contributed by atoms with Crippen LogP contribution in [0.25, 0.3) is 17.2 Å². The van der Waals surface area contributed by atoms with Gasteiger partial charge in [0.05, 0.1) is 18.9 Å². The fourth-order valence-corrected chi connectivity index (χ4v) is 2.86. The minimum absolute atomic E-state index is 0.170. The summed E-state index contributed by atoms with van der Waals surface area (Å²) in [4.78, 5) is 23.5. The highest BCUT2D eigenvalue weighted by Crippen LogP contribution is 2.18. The number of rotatable bonds is 3. The third-order valence-corrected chi connectivity index (χ3v) is 4.24. The minimum atomic E-state index is -0.170. The first-order valence-electron chi connectivity index (χ1n) is 7.74.